The van der Waals surface area contributed by atoms with Gasteiger partial charge in [0.15, 0.2) is 5.78 Å². The Morgan fingerprint density at radius 1 is 0.846 bits per heavy atom. The van der Waals surface area contributed by atoms with Crippen LogP contribution in [0.25, 0.3) is 6.08 Å². The molecule has 0 aromatic heterocycles. The zero-order valence-corrected chi connectivity index (χ0v) is 33.3. The van der Waals surface area contributed by atoms with E-state index < -0.39 is 0 Å². The van der Waals surface area contributed by atoms with Gasteiger partial charge in [-0.1, -0.05) is 95.8 Å². The lowest BCUT2D eigenvalue weighted by Gasteiger charge is -2.57. The molecular formula is C47H59NO3S. The van der Waals surface area contributed by atoms with Crippen LogP contribution >= 0.6 is 11.8 Å². The fourth-order valence-corrected chi connectivity index (χ4v) is 12.0. The minimum Gasteiger partial charge on any atom is -0.496 e. The number of carbonyl (C=O) groups is 1. The van der Waals surface area contributed by atoms with Gasteiger partial charge in [0.1, 0.15) is 5.75 Å². The molecule has 3 aromatic rings. The first kappa shape index (κ1) is 37.1. The highest BCUT2D eigenvalue weighted by atomic mass is 32.2. The summed E-state index contributed by atoms with van der Waals surface area (Å²) in [5.74, 6) is 4.57. The van der Waals surface area contributed by atoms with Crippen LogP contribution in [0.5, 0.6) is 5.75 Å². The summed E-state index contributed by atoms with van der Waals surface area (Å²) in [4.78, 5) is 18.2. The van der Waals surface area contributed by atoms with E-state index in [1.807, 2.05) is 7.11 Å². The average Bonchev–Trinajstić information content (AvgIpc) is 3.10. The first-order valence-electron chi connectivity index (χ1n) is 19.8. The Bertz CT molecular complexity index is 1790. The summed E-state index contributed by atoms with van der Waals surface area (Å²) < 4.78 is 6.02. The molecule has 4 nitrogen and oxygen atoms in total. The number of aliphatic hydroxyl groups is 1. The fourth-order valence-electron chi connectivity index (χ4n) is 10.5. The maximum atomic E-state index is 13.8. The van der Waals surface area contributed by atoms with Crippen LogP contribution in [0.3, 0.4) is 0 Å². The number of rotatable bonds is 12. The van der Waals surface area contributed by atoms with Gasteiger partial charge in [0.2, 0.25) is 0 Å². The van der Waals surface area contributed by atoms with Gasteiger partial charge in [-0.2, -0.15) is 0 Å². The van der Waals surface area contributed by atoms with E-state index in [4.69, 9.17) is 4.74 Å². The Kier molecular flexibility index (Phi) is 10.6. The van der Waals surface area contributed by atoms with Gasteiger partial charge >= 0.3 is 0 Å². The van der Waals surface area contributed by atoms with Crippen molar-refractivity contribution in [3.05, 3.63) is 99.5 Å². The summed E-state index contributed by atoms with van der Waals surface area (Å²) in [6, 6.07) is 22.0. The summed E-state index contributed by atoms with van der Waals surface area (Å²) in [5, 5.41) is 10.2. The summed E-state index contributed by atoms with van der Waals surface area (Å²) in [6.45, 7) is 14.0. The quantitative estimate of drug-likeness (QED) is 0.202. The van der Waals surface area contributed by atoms with Crippen molar-refractivity contribution in [1.82, 2.24) is 0 Å². The Morgan fingerprint density at radius 3 is 2.00 bits per heavy atom. The number of methoxy groups -OCH3 is 1. The molecule has 4 saturated carbocycles. The lowest BCUT2D eigenvalue weighted by atomic mass is 9.48. The van der Waals surface area contributed by atoms with Crippen molar-refractivity contribution < 1.29 is 14.6 Å². The van der Waals surface area contributed by atoms with Crippen molar-refractivity contribution in [1.29, 1.82) is 0 Å². The highest BCUT2D eigenvalue weighted by Crippen LogP contribution is 2.62. The molecule has 3 aromatic carbocycles. The number of benzene rings is 3. The molecule has 0 unspecified atom stereocenters. The van der Waals surface area contributed by atoms with Gasteiger partial charge in [-0.05, 0) is 138 Å². The van der Waals surface area contributed by atoms with E-state index in [-0.39, 0.29) is 23.2 Å². The Balaban J connectivity index is 1.18. The highest BCUT2D eigenvalue weighted by Gasteiger charge is 2.52. The van der Waals surface area contributed by atoms with Crippen LogP contribution < -0.4 is 9.64 Å². The van der Waals surface area contributed by atoms with Gasteiger partial charge in [0.25, 0.3) is 0 Å². The standard InChI is InChI=1S/C47H59NO3S/c1-30(2)39-9-8-10-40(31(3)4)45(39)52-44-36(28-46(5,6)29-42(44)50)14-11-32-12-15-37(16-13-32)48(19-20-49)38-17-18-43(51-7)41(24-38)47-25-33-21-34(26-47)23-35(22-33)27-47/h8-18,24,30-31,33-35,49H,19-23,25-29H2,1-7H3/b14-11+. The van der Waals surface area contributed by atoms with Crippen molar-refractivity contribution in [2.24, 2.45) is 23.2 Å². The van der Waals surface area contributed by atoms with Crippen LogP contribution in [0, 0.1) is 23.2 Å². The molecule has 276 valence electrons. The minimum atomic E-state index is -0.0820. The third kappa shape index (κ3) is 7.42. The smallest absolute Gasteiger partial charge is 0.170 e. The molecule has 0 radical (unpaired) electrons. The second kappa shape index (κ2) is 14.9. The van der Waals surface area contributed by atoms with E-state index in [0.29, 0.717) is 24.8 Å². The lowest BCUT2D eigenvalue weighted by molar-refractivity contribution is -0.117. The van der Waals surface area contributed by atoms with E-state index in [1.54, 1.807) is 11.8 Å². The van der Waals surface area contributed by atoms with Gasteiger partial charge in [-0.3, -0.25) is 4.79 Å². The second-order valence-electron chi connectivity index (χ2n) is 17.9. The summed E-state index contributed by atoms with van der Waals surface area (Å²) >= 11 is 1.70. The molecular weight excluding hydrogens is 659 g/mol. The van der Waals surface area contributed by atoms with E-state index in [9.17, 15) is 9.90 Å². The van der Waals surface area contributed by atoms with Crippen LogP contribution in [-0.4, -0.2) is 31.2 Å². The third-order valence-corrected chi connectivity index (χ3v) is 13.9. The molecule has 8 rings (SSSR count). The minimum absolute atomic E-state index is 0.0667. The summed E-state index contributed by atoms with van der Waals surface area (Å²) in [7, 11) is 1.81. The Labute approximate surface area is 317 Å². The molecule has 0 heterocycles. The largest absolute Gasteiger partial charge is 0.496 e. The maximum Gasteiger partial charge on any atom is 0.170 e. The van der Waals surface area contributed by atoms with Gasteiger partial charge in [-0.25, -0.2) is 0 Å². The first-order valence-corrected chi connectivity index (χ1v) is 20.6. The molecule has 4 fully saturated rings. The Morgan fingerprint density at radius 2 is 1.44 bits per heavy atom. The van der Waals surface area contributed by atoms with Crippen LogP contribution in [-0.2, 0) is 10.2 Å². The van der Waals surface area contributed by atoms with Gasteiger partial charge in [-0.15, -0.1) is 0 Å². The molecule has 0 spiro atoms. The van der Waals surface area contributed by atoms with Gasteiger partial charge < -0.3 is 14.7 Å². The normalized spacial score (nSPS) is 25.2. The molecule has 0 amide bonds. The van der Waals surface area contributed by atoms with Crippen LogP contribution in [0.4, 0.5) is 11.4 Å². The predicted octanol–water partition coefficient (Wildman–Crippen LogP) is 12.0. The molecule has 0 atom stereocenters. The number of thioether (sulfide) groups is 1. The van der Waals surface area contributed by atoms with E-state index in [2.05, 4.69) is 119 Å². The first-order chi connectivity index (χ1) is 24.9. The molecule has 0 saturated heterocycles. The molecule has 4 bridgehead atoms. The number of ketones is 1. The number of carbonyl (C=O) groups excluding carboxylic acids is 1. The molecule has 5 aliphatic carbocycles. The van der Waals surface area contributed by atoms with Crippen LogP contribution in [0.1, 0.15) is 127 Å². The molecule has 0 aliphatic heterocycles. The SMILES string of the molecule is COc1ccc(N(CCO)c2ccc(/C=C/C3=C(Sc4c(C(C)C)cccc4C(C)C)C(=O)CC(C)(C)C3)cc2)cc1C12CC3CC(CC(C3)C1)C2. The monoisotopic (exact) mass is 717 g/mol. The lowest BCUT2D eigenvalue weighted by Crippen LogP contribution is -2.48. The highest BCUT2D eigenvalue weighted by molar-refractivity contribution is 8.04. The van der Waals surface area contributed by atoms with E-state index >= 15 is 0 Å². The number of Topliss-reactive ketones (excluding diaryl/α,β-unsaturated/α-hetero) is 1. The summed E-state index contributed by atoms with van der Waals surface area (Å²) in [5.41, 5.74) is 8.52. The third-order valence-electron chi connectivity index (χ3n) is 12.5. The zero-order valence-electron chi connectivity index (χ0n) is 32.5. The summed E-state index contributed by atoms with van der Waals surface area (Å²) in [6.07, 6.45) is 13.9. The van der Waals surface area contributed by atoms with E-state index in [1.165, 1.54) is 60.1 Å². The number of ether oxygens (including phenoxy) is 1. The van der Waals surface area contributed by atoms with Crippen molar-refractivity contribution >= 4 is 35.0 Å². The van der Waals surface area contributed by atoms with E-state index in [0.717, 1.165) is 57.3 Å². The Hall–Kier alpha value is -3.28. The number of anilines is 2. The molecule has 52 heavy (non-hydrogen) atoms. The molecule has 5 heteroatoms. The van der Waals surface area contributed by atoms with Gasteiger partial charge in [0.05, 0.1) is 18.6 Å². The number of aliphatic hydroxyl groups excluding tert-OH is 1. The van der Waals surface area contributed by atoms with Crippen LogP contribution in [0.15, 0.2) is 82.1 Å². The topological polar surface area (TPSA) is 49.8 Å². The van der Waals surface area contributed by atoms with Crippen molar-refractivity contribution in [3.8, 4) is 5.75 Å². The predicted molar refractivity (Wildman–Crippen MR) is 218 cm³/mol. The average molecular weight is 718 g/mol. The van der Waals surface area contributed by atoms with Crippen molar-refractivity contribution in [2.45, 2.75) is 115 Å². The zero-order chi connectivity index (χ0) is 36.8. The fraction of sp³-hybridized carbons (Fsp3) is 0.511. The van der Waals surface area contributed by atoms with Crippen molar-refractivity contribution in [3.63, 3.8) is 0 Å². The molecule has 5 aliphatic rings. The van der Waals surface area contributed by atoms with Crippen molar-refractivity contribution in [2.75, 3.05) is 25.2 Å². The van der Waals surface area contributed by atoms with Gasteiger partial charge in [0, 0.05) is 34.8 Å². The number of allylic oxidation sites excluding steroid dienone is 3. The van der Waals surface area contributed by atoms with Crippen LogP contribution in [0.2, 0.25) is 0 Å². The number of nitrogens with zero attached hydrogens (tertiary/aromatic N) is 1. The number of hydrogen-bond donors (Lipinski definition) is 1. The maximum absolute atomic E-state index is 13.8. The second-order valence-corrected chi connectivity index (χ2v) is 18.9. The molecule has 1 N–H and O–H groups in total. The number of hydrogen-bond acceptors (Lipinski definition) is 5.